The van der Waals surface area contributed by atoms with Gasteiger partial charge in [0.2, 0.25) is 0 Å². The first-order chi connectivity index (χ1) is 8.99. The minimum absolute atomic E-state index is 0.0489. The third-order valence-corrected chi connectivity index (χ3v) is 4.53. The van der Waals surface area contributed by atoms with Gasteiger partial charge in [0.1, 0.15) is 11.6 Å². The summed E-state index contributed by atoms with van der Waals surface area (Å²) < 4.78 is 27.0. The number of nitrogens with zero attached hydrogens (tertiary/aromatic N) is 1. The standard InChI is InChI=1S/C15H20F2N2/c1-10-8-18-15(2,11-3-4-11)9-19(10)14-6-5-12(16)7-13(14)17/h5-7,10-11,18H,3-4,8-9H2,1-2H3. The van der Waals surface area contributed by atoms with Crippen LogP contribution in [0.15, 0.2) is 18.2 Å². The van der Waals surface area contributed by atoms with Gasteiger partial charge in [-0.25, -0.2) is 8.78 Å². The van der Waals surface area contributed by atoms with Crippen LogP contribution >= 0.6 is 0 Å². The summed E-state index contributed by atoms with van der Waals surface area (Å²) in [4.78, 5) is 2.07. The molecule has 2 unspecified atom stereocenters. The van der Waals surface area contributed by atoms with Crippen LogP contribution in [0.1, 0.15) is 26.7 Å². The second-order valence-electron chi connectivity index (χ2n) is 6.15. The number of benzene rings is 1. The van der Waals surface area contributed by atoms with Crippen molar-refractivity contribution in [1.82, 2.24) is 5.32 Å². The molecule has 0 radical (unpaired) electrons. The zero-order chi connectivity index (χ0) is 13.6. The fourth-order valence-corrected chi connectivity index (χ4v) is 3.09. The molecule has 19 heavy (non-hydrogen) atoms. The van der Waals surface area contributed by atoms with Crippen molar-refractivity contribution in [1.29, 1.82) is 0 Å². The average molecular weight is 266 g/mol. The molecule has 1 aliphatic heterocycles. The predicted octanol–water partition coefficient (Wildman–Crippen LogP) is 2.93. The Bertz CT molecular complexity index is 487. The van der Waals surface area contributed by atoms with E-state index in [1.807, 2.05) is 0 Å². The molecule has 1 aromatic rings. The normalized spacial score (nSPS) is 31.6. The van der Waals surface area contributed by atoms with Crippen LogP contribution in [-0.4, -0.2) is 24.7 Å². The molecule has 4 heteroatoms. The second kappa shape index (κ2) is 4.44. The molecule has 0 amide bonds. The Kier molecular flexibility index (Phi) is 3.01. The summed E-state index contributed by atoms with van der Waals surface area (Å²) in [5.41, 5.74) is 0.565. The SMILES string of the molecule is CC1CNC(C)(C2CC2)CN1c1ccc(F)cc1F. The monoisotopic (exact) mass is 266 g/mol. The lowest BCUT2D eigenvalue weighted by atomic mass is 9.91. The molecule has 1 saturated heterocycles. The Morgan fingerprint density at radius 2 is 2.05 bits per heavy atom. The topological polar surface area (TPSA) is 15.3 Å². The molecule has 2 fully saturated rings. The summed E-state index contributed by atoms with van der Waals surface area (Å²) >= 11 is 0. The van der Waals surface area contributed by atoms with Crippen LogP contribution in [0.4, 0.5) is 14.5 Å². The first-order valence-electron chi connectivity index (χ1n) is 6.96. The smallest absolute Gasteiger partial charge is 0.149 e. The third kappa shape index (κ3) is 2.34. The van der Waals surface area contributed by atoms with Gasteiger partial charge < -0.3 is 10.2 Å². The molecule has 1 saturated carbocycles. The lowest BCUT2D eigenvalue weighted by Crippen LogP contribution is -2.63. The molecular formula is C15H20F2N2. The fraction of sp³-hybridized carbons (Fsp3) is 0.600. The Balaban J connectivity index is 1.88. The highest BCUT2D eigenvalue weighted by atomic mass is 19.1. The molecule has 1 N–H and O–H groups in total. The lowest BCUT2D eigenvalue weighted by Gasteiger charge is -2.46. The second-order valence-corrected chi connectivity index (χ2v) is 6.15. The van der Waals surface area contributed by atoms with Crippen molar-refractivity contribution in [2.45, 2.75) is 38.3 Å². The van der Waals surface area contributed by atoms with Crippen LogP contribution in [0.5, 0.6) is 0 Å². The van der Waals surface area contributed by atoms with E-state index in [1.54, 1.807) is 6.07 Å². The number of anilines is 1. The van der Waals surface area contributed by atoms with Gasteiger partial charge in [0, 0.05) is 30.7 Å². The number of hydrogen-bond acceptors (Lipinski definition) is 2. The summed E-state index contributed by atoms with van der Waals surface area (Å²) in [6.45, 7) is 5.90. The molecular weight excluding hydrogens is 246 g/mol. The number of nitrogens with one attached hydrogen (secondary N) is 1. The van der Waals surface area contributed by atoms with Gasteiger partial charge >= 0.3 is 0 Å². The Morgan fingerprint density at radius 1 is 1.32 bits per heavy atom. The van der Waals surface area contributed by atoms with E-state index < -0.39 is 11.6 Å². The van der Waals surface area contributed by atoms with E-state index in [0.717, 1.165) is 19.2 Å². The van der Waals surface area contributed by atoms with Crippen LogP contribution in [0.25, 0.3) is 0 Å². The van der Waals surface area contributed by atoms with Crippen molar-refractivity contribution >= 4 is 5.69 Å². The van der Waals surface area contributed by atoms with Crippen LogP contribution in [-0.2, 0) is 0 Å². The molecule has 0 spiro atoms. The van der Waals surface area contributed by atoms with Crippen molar-refractivity contribution in [2.24, 2.45) is 5.92 Å². The molecule has 3 rings (SSSR count). The molecule has 0 aromatic heterocycles. The Labute approximate surface area is 112 Å². The van der Waals surface area contributed by atoms with E-state index in [4.69, 9.17) is 0 Å². The number of hydrogen-bond donors (Lipinski definition) is 1. The zero-order valence-electron chi connectivity index (χ0n) is 11.4. The van der Waals surface area contributed by atoms with Crippen molar-refractivity contribution in [3.8, 4) is 0 Å². The minimum atomic E-state index is -0.519. The summed E-state index contributed by atoms with van der Waals surface area (Å²) in [6.07, 6.45) is 2.50. The highest BCUT2D eigenvalue weighted by molar-refractivity contribution is 5.50. The van der Waals surface area contributed by atoms with Crippen LogP contribution < -0.4 is 10.2 Å². The summed E-state index contributed by atoms with van der Waals surface area (Å²) in [5.74, 6) is -0.299. The average Bonchev–Trinajstić information content (AvgIpc) is 3.17. The first-order valence-corrected chi connectivity index (χ1v) is 6.96. The van der Waals surface area contributed by atoms with Gasteiger partial charge in [0.15, 0.2) is 0 Å². The van der Waals surface area contributed by atoms with Gasteiger partial charge in [-0.15, -0.1) is 0 Å². The molecule has 2 atom stereocenters. The first kappa shape index (κ1) is 12.9. The van der Waals surface area contributed by atoms with Crippen molar-refractivity contribution in [3.63, 3.8) is 0 Å². The highest BCUT2D eigenvalue weighted by Gasteiger charge is 2.45. The van der Waals surface area contributed by atoms with Crippen LogP contribution in [0.2, 0.25) is 0 Å². The minimum Gasteiger partial charge on any atom is -0.363 e. The molecule has 2 nitrogen and oxygen atoms in total. The number of piperazine rings is 1. The van der Waals surface area contributed by atoms with E-state index >= 15 is 0 Å². The van der Waals surface area contributed by atoms with Crippen molar-refractivity contribution in [2.75, 3.05) is 18.0 Å². The predicted molar refractivity (Wildman–Crippen MR) is 72.3 cm³/mol. The lowest BCUT2D eigenvalue weighted by molar-refractivity contribution is 0.259. The highest BCUT2D eigenvalue weighted by Crippen LogP contribution is 2.42. The Hall–Kier alpha value is -1.16. The van der Waals surface area contributed by atoms with E-state index in [9.17, 15) is 8.78 Å². The van der Waals surface area contributed by atoms with Crippen molar-refractivity contribution < 1.29 is 8.78 Å². The number of halogens is 2. The zero-order valence-corrected chi connectivity index (χ0v) is 11.4. The summed E-state index contributed by atoms with van der Waals surface area (Å²) in [5, 5.41) is 3.60. The van der Waals surface area contributed by atoms with E-state index in [2.05, 4.69) is 24.1 Å². The molecule has 1 aliphatic carbocycles. The van der Waals surface area contributed by atoms with Crippen LogP contribution in [0, 0.1) is 17.6 Å². The van der Waals surface area contributed by atoms with Gasteiger partial charge in [-0.3, -0.25) is 0 Å². The molecule has 1 aromatic carbocycles. The van der Waals surface area contributed by atoms with Gasteiger partial charge in [0.05, 0.1) is 5.69 Å². The van der Waals surface area contributed by atoms with Gasteiger partial charge in [-0.2, -0.15) is 0 Å². The van der Waals surface area contributed by atoms with E-state index in [1.165, 1.54) is 18.9 Å². The van der Waals surface area contributed by atoms with Gasteiger partial charge in [-0.05, 0) is 44.7 Å². The summed E-state index contributed by atoms with van der Waals surface area (Å²) in [7, 11) is 0. The van der Waals surface area contributed by atoms with Gasteiger partial charge in [0.25, 0.3) is 0 Å². The maximum atomic E-state index is 14.0. The van der Waals surface area contributed by atoms with E-state index in [0.29, 0.717) is 11.6 Å². The maximum absolute atomic E-state index is 14.0. The van der Waals surface area contributed by atoms with E-state index in [-0.39, 0.29) is 11.6 Å². The fourth-order valence-electron chi connectivity index (χ4n) is 3.09. The van der Waals surface area contributed by atoms with Crippen LogP contribution in [0.3, 0.4) is 0 Å². The van der Waals surface area contributed by atoms with Gasteiger partial charge in [-0.1, -0.05) is 0 Å². The number of rotatable bonds is 2. The third-order valence-electron chi connectivity index (χ3n) is 4.53. The molecule has 2 aliphatic rings. The molecule has 104 valence electrons. The quantitative estimate of drug-likeness (QED) is 0.885. The largest absolute Gasteiger partial charge is 0.363 e. The maximum Gasteiger partial charge on any atom is 0.149 e. The molecule has 0 bridgehead atoms. The Morgan fingerprint density at radius 3 is 2.68 bits per heavy atom. The molecule has 1 heterocycles. The van der Waals surface area contributed by atoms with Crippen molar-refractivity contribution in [3.05, 3.63) is 29.8 Å². The summed E-state index contributed by atoms with van der Waals surface area (Å²) in [6, 6.07) is 4.08.